The number of fused-ring (bicyclic) bond motifs is 1. The molecule has 0 saturated heterocycles. The zero-order valence-electron chi connectivity index (χ0n) is 14.1. The van der Waals surface area contributed by atoms with E-state index in [1.165, 1.54) is 11.3 Å². The summed E-state index contributed by atoms with van der Waals surface area (Å²) in [5.41, 5.74) is 12.8. The second-order valence-electron chi connectivity index (χ2n) is 5.70. The number of carbonyl (C=O) groups is 1. The van der Waals surface area contributed by atoms with E-state index in [0.717, 1.165) is 26.1 Å². The van der Waals surface area contributed by atoms with Crippen molar-refractivity contribution in [3.63, 3.8) is 0 Å². The van der Waals surface area contributed by atoms with E-state index in [0.29, 0.717) is 18.8 Å². The summed E-state index contributed by atoms with van der Waals surface area (Å²) in [4.78, 5) is 12.5. The molecular weight excluding hydrogens is 348 g/mol. The molecular formula is C19H20N4O2S. The maximum absolute atomic E-state index is 11.7. The largest absolute Gasteiger partial charge is 0.483 e. The van der Waals surface area contributed by atoms with Gasteiger partial charge in [0.05, 0.1) is 4.88 Å². The summed E-state index contributed by atoms with van der Waals surface area (Å²) in [6.45, 7) is 0.759. The van der Waals surface area contributed by atoms with Crippen molar-refractivity contribution in [3.8, 4) is 16.9 Å². The fourth-order valence-corrected chi connectivity index (χ4v) is 3.49. The van der Waals surface area contributed by atoms with Crippen molar-refractivity contribution in [2.45, 2.75) is 0 Å². The van der Waals surface area contributed by atoms with Crippen LogP contribution in [0.1, 0.15) is 4.88 Å². The number of amidine groups is 1. The Balaban J connectivity index is 1.86. The molecule has 0 bridgehead atoms. The summed E-state index contributed by atoms with van der Waals surface area (Å²) >= 11 is 1.49. The normalized spacial score (nSPS) is 10.7. The topological polar surface area (TPSA) is 114 Å². The summed E-state index contributed by atoms with van der Waals surface area (Å²) in [6.07, 6.45) is 0. The quantitative estimate of drug-likeness (QED) is 0.378. The van der Waals surface area contributed by atoms with Crippen LogP contribution in [0.5, 0.6) is 5.75 Å². The van der Waals surface area contributed by atoms with E-state index >= 15 is 0 Å². The van der Waals surface area contributed by atoms with Gasteiger partial charge in [0.1, 0.15) is 11.6 Å². The van der Waals surface area contributed by atoms with Crippen molar-refractivity contribution in [1.82, 2.24) is 5.32 Å². The number of hydrogen-bond donors (Lipinski definition) is 4. The Hall–Kier alpha value is -2.90. The van der Waals surface area contributed by atoms with Gasteiger partial charge in [-0.2, -0.15) is 0 Å². The molecule has 0 aliphatic rings. The first-order chi connectivity index (χ1) is 12.6. The average Bonchev–Trinajstić information content (AvgIpc) is 3.08. The number of amides is 1. The summed E-state index contributed by atoms with van der Waals surface area (Å²) in [6, 6.07) is 15.5. The fraction of sp³-hybridized carbons (Fsp3) is 0.158. The molecule has 3 rings (SSSR count). The molecule has 3 aromatic rings. The summed E-state index contributed by atoms with van der Waals surface area (Å²) in [7, 11) is 0. The second-order valence-corrected chi connectivity index (χ2v) is 6.78. The SMILES string of the molecule is N=C(N)c1cc2cc(-c3ccccc3OCC(=O)NCCN)ccc2s1. The number of nitrogen functional groups attached to an aromatic ring is 1. The van der Waals surface area contributed by atoms with Crippen molar-refractivity contribution < 1.29 is 9.53 Å². The van der Waals surface area contributed by atoms with Crippen LogP contribution in [0, 0.1) is 5.41 Å². The number of rotatable bonds is 7. The molecule has 134 valence electrons. The van der Waals surface area contributed by atoms with Gasteiger partial charge in [0.15, 0.2) is 6.61 Å². The Kier molecular flexibility index (Phi) is 5.50. The number of ether oxygens (including phenoxy) is 1. The molecule has 6 nitrogen and oxygen atoms in total. The molecule has 26 heavy (non-hydrogen) atoms. The van der Waals surface area contributed by atoms with Crippen molar-refractivity contribution in [3.05, 3.63) is 53.4 Å². The van der Waals surface area contributed by atoms with E-state index < -0.39 is 0 Å². The number of nitrogens with two attached hydrogens (primary N) is 2. The van der Waals surface area contributed by atoms with Crippen LogP contribution in [0.3, 0.4) is 0 Å². The Morgan fingerprint density at radius 3 is 2.77 bits per heavy atom. The third-order valence-electron chi connectivity index (χ3n) is 3.81. The van der Waals surface area contributed by atoms with Crippen LogP contribution in [0.4, 0.5) is 0 Å². The van der Waals surface area contributed by atoms with Gasteiger partial charge in [0.2, 0.25) is 0 Å². The minimum Gasteiger partial charge on any atom is -0.483 e. The summed E-state index contributed by atoms with van der Waals surface area (Å²) < 4.78 is 6.77. The van der Waals surface area contributed by atoms with Crippen LogP contribution in [-0.4, -0.2) is 31.4 Å². The fourth-order valence-electron chi connectivity index (χ4n) is 2.58. The molecule has 0 aliphatic heterocycles. The van der Waals surface area contributed by atoms with Gasteiger partial charge in [-0.1, -0.05) is 24.3 Å². The maximum atomic E-state index is 11.7. The number of hydrogen-bond acceptors (Lipinski definition) is 5. The van der Waals surface area contributed by atoms with Gasteiger partial charge in [-0.3, -0.25) is 10.2 Å². The number of benzene rings is 2. The van der Waals surface area contributed by atoms with Crippen LogP contribution in [0.25, 0.3) is 21.2 Å². The number of para-hydroxylation sites is 1. The minimum atomic E-state index is -0.204. The number of thiophene rings is 1. The van der Waals surface area contributed by atoms with Crippen molar-refractivity contribution in [1.29, 1.82) is 5.41 Å². The Morgan fingerprint density at radius 2 is 2.00 bits per heavy atom. The number of carbonyl (C=O) groups excluding carboxylic acids is 1. The van der Waals surface area contributed by atoms with Crippen LogP contribution in [-0.2, 0) is 4.79 Å². The summed E-state index contributed by atoms with van der Waals surface area (Å²) in [5.74, 6) is 0.501. The third-order valence-corrected chi connectivity index (χ3v) is 4.95. The van der Waals surface area contributed by atoms with Gasteiger partial charge in [-0.15, -0.1) is 11.3 Å². The highest BCUT2D eigenvalue weighted by Crippen LogP contribution is 2.34. The first-order valence-electron chi connectivity index (χ1n) is 8.15. The predicted molar refractivity (Wildman–Crippen MR) is 106 cm³/mol. The molecule has 0 fully saturated rings. The number of nitrogens with one attached hydrogen (secondary N) is 2. The van der Waals surface area contributed by atoms with E-state index in [9.17, 15) is 4.79 Å². The van der Waals surface area contributed by atoms with E-state index in [2.05, 4.69) is 5.32 Å². The van der Waals surface area contributed by atoms with Gasteiger partial charge < -0.3 is 21.5 Å². The maximum Gasteiger partial charge on any atom is 0.257 e. The molecule has 6 N–H and O–H groups in total. The van der Waals surface area contributed by atoms with Crippen LogP contribution in [0.15, 0.2) is 48.5 Å². The molecule has 1 heterocycles. The smallest absolute Gasteiger partial charge is 0.257 e. The highest BCUT2D eigenvalue weighted by Gasteiger charge is 2.10. The van der Waals surface area contributed by atoms with Crippen LogP contribution in [0.2, 0.25) is 0 Å². The van der Waals surface area contributed by atoms with Gasteiger partial charge in [0.25, 0.3) is 5.91 Å². The molecule has 0 unspecified atom stereocenters. The Labute approximate surface area is 155 Å². The predicted octanol–water partition coefficient (Wildman–Crippen LogP) is 2.31. The van der Waals surface area contributed by atoms with Crippen LogP contribution < -0.4 is 21.5 Å². The highest BCUT2D eigenvalue weighted by atomic mass is 32.1. The molecule has 1 amide bonds. The van der Waals surface area contributed by atoms with Crippen LogP contribution >= 0.6 is 11.3 Å². The average molecular weight is 368 g/mol. The van der Waals surface area contributed by atoms with E-state index in [1.807, 2.05) is 48.5 Å². The van der Waals surface area contributed by atoms with Crippen molar-refractivity contribution in [2.75, 3.05) is 19.7 Å². The molecule has 0 spiro atoms. The van der Waals surface area contributed by atoms with Gasteiger partial charge >= 0.3 is 0 Å². The Bertz CT molecular complexity index is 952. The lowest BCUT2D eigenvalue weighted by atomic mass is 10.0. The molecule has 1 aromatic heterocycles. The summed E-state index contributed by atoms with van der Waals surface area (Å²) in [5, 5.41) is 11.3. The molecule has 0 saturated carbocycles. The van der Waals surface area contributed by atoms with E-state index in [-0.39, 0.29) is 18.3 Å². The monoisotopic (exact) mass is 368 g/mol. The standard InChI is InChI=1S/C19H20N4O2S/c20-7-8-23-18(24)11-25-15-4-2-1-3-14(15)12-5-6-16-13(9-12)10-17(26-16)19(21)22/h1-6,9-10H,7-8,11,20H2,(H3,21,22)(H,23,24). The molecule has 0 aliphatic carbocycles. The lowest BCUT2D eigenvalue weighted by molar-refractivity contribution is -0.123. The second kappa shape index (κ2) is 7.99. The van der Waals surface area contributed by atoms with E-state index in [1.54, 1.807) is 0 Å². The zero-order chi connectivity index (χ0) is 18.5. The van der Waals surface area contributed by atoms with Gasteiger partial charge in [0, 0.05) is 23.4 Å². The third kappa shape index (κ3) is 4.01. The molecule has 0 radical (unpaired) electrons. The van der Waals surface area contributed by atoms with E-state index in [4.69, 9.17) is 21.6 Å². The van der Waals surface area contributed by atoms with Gasteiger partial charge in [-0.05, 0) is 35.2 Å². The zero-order valence-corrected chi connectivity index (χ0v) is 14.9. The first kappa shape index (κ1) is 17.9. The Morgan fingerprint density at radius 1 is 1.19 bits per heavy atom. The molecule has 0 atom stereocenters. The first-order valence-corrected chi connectivity index (χ1v) is 8.97. The minimum absolute atomic E-state index is 0.0633. The lowest BCUT2D eigenvalue weighted by Crippen LogP contribution is -2.32. The lowest BCUT2D eigenvalue weighted by Gasteiger charge is -2.12. The van der Waals surface area contributed by atoms with Crippen molar-refractivity contribution >= 4 is 33.2 Å². The van der Waals surface area contributed by atoms with Crippen molar-refractivity contribution in [2.24, 2.45) is 11.5 Å². The molecule has 7 heteroatoms. The highest BCUT2D eigenvalue weighted by molar-refractivity contribution is 7.20. The van der Waals surface area contributed by atoms with Gasteiger partial charge in [-0.25, -0.2) is 0 Å². The molecule has 2 aromatic carbocycles.